The molecule has 88 valence electrons. The molecule has 1 heterocycles. The molecule has 2 N–H and O–H groups in total. The highest BCUT2D eigenvalue weighted by Gasteiger charge is 2.16. The predicted octanol–water partition coefficient (Wildman–Crippen LogP) is 1.41. The molecule has 2 rings (SSSR count). The number of nitro benzene ring substituents is 1. The van der Waals surface area contributed by atoms with Gasteiger partial charge in [-0.3, -0.25) is 14.9 Å². The molecule has 0 saturated carbocycles. The van der Waals surface area contributed by atoms with Gasteiger partial charge in [0.25, 0.3) is 5.69 Å². The Morgan fingerprint density at radius 1 is 1.59 bits per heavy atom. The SMILES string of the molecule is Cc1nc2c(CC(=O)O)cc([N+](=O)[O-])cc2[nH]1. The zero-order chi connectivity index (χ0) is 12.6. The molecule has 0 radical (unpaired) electrons. The lowest BCUT2D eigenvalue weighted by Crippen LogP contribution is -2.02. The van der Waals surface area contributed by atoms with Crippen LogP contribution < -0.4 is 0 Å². The maximum atomic E-state index is 10.7. The molecule has 0 aliphatic heterocycles. The van der Waals surface area contributed by atoms with Crippen molar-refractivity contribution in [3.8, 4) is 0 Å². The van der Waals surface area contributed by atoms with Gasteiger partial charge in [-0.15, -0.1) is 0 Å². The average molecular weight is 235 g/mol. The molecular weight excluding hydrogens is 226 g/mol. The van der Waals surface area contributed by atoms with Crippen LogP contribution in [0.25, 0.3) is 11.0 Å². The molecule has 7 nitrogen and oxygen atoms in total. The van der Waals surface area contributed by atoms with Gasteiger partial charge in [-0.25, -0.2) is 4.98 Å². The maximum Gasteiger partial charge on any atom is 0.307 e. The Hall–Kier alpha value is -2.44. The number of carboxylic acid groups (broad SMARTS) is 1. The van der Waals surface area contributed by atoms with E-state index in [9.17, 15) is 14.9 Å². The molecule has 0 fully saturated rings. The Morgan fingerprint density at radius 2 is 2.29 bits per heavy atom. The number of aromatic nitrogens is 2. The molecule has 0 aliphatic carbocycles. The number of benzene rings is 1. The highest BCUT2D eigenvalue weighted by atomic mass is 16.6. The summed E-state index contributed by atoms with van der Waals surface area (Å²) in [5, 5.41) is 19.5. The van der Waals surface area contributed by atoms with Crippen molar-refractivity contribution in [2.75, 3.05) is 0 Å². The first kappa shape index (κ1) is 11.1. The van der Waals surface area contributed by atoms with Crippen LogP contribution in [0.2, 0.25) is 0 Å². The van der Waals surface area contributed by atoms with Gasteiger partial charge in [0.05, 0.1) is 22.4 Å². The lowest BCUT2D eigenvalue weighted by atomic mass is 10.1. The van der Waals surface area contributed by atoms with Crippen molar-refractivity contribution in [2.45, 2.75) is 13.3 Å². The number of H-pyrrole nitrogens is 1. The fourth-order valence-electron chi connectivity index (χ4n) is 1.70. The van der Waals surface area contributed by atoms with Crippen LogP contribution >= 0.6 is 0 Å². The maximum absolute atomic E-state index is 10.7. The van der Waals surface area contributed by atoms with Crippen molar-refractivity contribution >= 4 is 22.7 Å². The van der Waals surface area contributed by atoms with Gasteiger partial charge in [-0.2, -0.15) is 0 Å². The molecule has 0 amide bonds. The minimum absolute atomic E-state index is 0.141. The Kier molecular flexibility index (Phi) is 2.51. The topological polar surface area (TPSA) is 109 Å². The number of fused-ring (bicyclic) bond motifs is 1. The summed E-state index contributed by atoms with van der Waals surface area (Å²) < 4.78 is 0. The second kappa shape index (κ2) is 3.85. The van der Waals surface area contributed by atoms with E-state index in [1.54, 1.807) is 6.92 Å². The highest BCUT2D eigenvalue weighted by molar-refractivity contribution is 5.85. The summed E-state index contributed by atoms with van der Waals surface area (Å²) in [5.74, 6) is -0.459. The summed E-state index contributed by atoms with van der Waals surface area (Å²) in [5.41, 5.74) is 1.15. The number of carboxylic acids is 1. The second-order valence-corrected chi connectivity index (χ2v) is 3.65. The summed E-state index contributed by atoms with van der Waals surface area (Å²) in [7, 11) is 0. The normalized spacial score (nSPS) is 10.6. The molecule has 2 aromatic rings. The fraction of sp³-hybridized carbons (Fsp3) is 0.200. The van der Waals surface area contributed by atoms with E-state index in [2.05, 4.69) is 9.97 Å². The van der Waals surface area contributed by atoms with Crippen LogP contribution in [0.15, 0.2) is 12.1 Å². The Morgan fingerprint density at radius 3 is 2.88 bits per heavy atom. The van der Waals surface area contributed by atoms with Gasteiger partial charge in [0, 0.05) is 12.1 Å². The average Bonchev–Trinajstić information content (AvgIpc) is 2.57. The van der Waals surface area contributed by atoms with Gasteiger partial charge in [-0.05, 0) is 12.5 Å². The molecular formula is C10H9N3O4. The monoisotopic (exact) mass is 235 g/mol. The van der Waals surface area contributed by atoms with E-state index in [1.807, 2.05) is 0 Å². The number of non-ortho nitro benzene ring substituents is 1. The minimum atomic E-state index is -1.05. The van der Waals surface area contributed by atoms with Gasteiger partial charge in [0.15, 0.2) is 0 Å². The van der Waals surface area contributed by atoms with Gasteiger partial charge in [0.2, 0.25) is 0 Å². The van der Waals surface area contributed by atoms with Crippen LogP contribution in [-0.4, -0.2) is 26.0 Å². The highest BCUT2D eigenvalue weighted by Crippen LogP contribution is 2.24. The van der Waals surface area contributed by atoms with E-state index in [0.29, 0.717) is 22.4 Å². The van der Waals surface area contributed by atoms with Gasteiger partial charge in [-0.1, -0.05) is 0 Å². The number of carbonyl (C=O) groups is 1. The third-order valence-electron chi connectivity index (χ3n) is 2.32. The molecule has 0 saturated heterocycles. The Bertz CT molecular complexity index is 617. The number of nitrogens with one attached hydrogen (secondary N) is 1. The Labute approximate surface area is 95.2 Å². The van der Waals surface area contributed by atoms with Crippen LogP contribution in [0.5, 0.6) is 0 Å². The molecule has 0 atom stereocenters. The lowest BCUT2D eigenvalue weighted by Gasteiger charge is -1.99. The van der Waals surface area contributed by atoms with Crippen LogP contribution in [0.4, 0.5) is 5.69 Å². The molecule has 0 bridgehead atoms. The van der Waals surface area contributed by atoms with Crippen molar-refractivity contribution < 1.29 is 14.8 Å². The number of nitro groups is 1. The summed E-state index contributed by atoms with van der Waals surface area (Å²) in [6.07, 6.45) is -0.289. The molecule has 1 aromatic carbocycles. The van der Waals surface area contributed by atoms with E-state index < -0.39 is 10.9 Å². The standard InChI is InChI=1S/C10H9N3O4/c1-5-11-8-4-7(13(16)17)2-6(3-9(14)15)10(8)12-5/h2,4H,3H2,1H3,(H,11,12)(H,14,15). The predicted molar refractivity (Wildman–Crippen MR) is 58.8 cm³/mol. The zero-order valence-electron chi connectivity index (χ0n) is 8.93. The van der Waals surface area contributed by atoms with E-state index in [4.69, 9.17) is 5.11 Å². The van der Waals surface area contributed by atoms with E-state index in [-0.39, 0.29) is 12.1 Å². The molecule has 1 aromatic heterocycles. The zero-order valence-corrected chi connectivity index (χ0v) is 8.93. The van der Waals surface area contributed by atoms with Gasteiger partial charge in [0.1, 0.15) is 5.82 Å². The first-order valence-electron chi connectivity index (χ1n) is 4.83. The number of nitrogens with zero attached hydrogens (tertiary/aromatic N) is 2. The number of rotatable bonds is 3. The Balaban J connectivity index is 2.68. The molecule has 7 heteroatoms. The van der Waals surface area contributed by atoms with Crippen LogP contribution in [0.3, 0.4) is 0 Å². The molecule has 0 spiro atoms. The number of hydrogen-bond donors (Lipinski definition) is 2. The van der Waals surface area contributed by atoms with Crippen molar-refractivity contribution in [3.05, 3.63) is 33.6 Å². The van der Waals surface area contributed by atoms with E-state index >= 15 is 0 Å². The number of hydrogen-bond acceptors (Lipinski definition) is 4. The second-order valence-electron chi connectivity index (χ2n) is 3.65. The fourth-order valence-corrected chi connectivity index (χ4v) is 1.70. The third-order valence-corrected chi connectivity index (χ3v) is 2.32. The van der Waals surface area contributed by atoms with Crippen LogP contribution in [0, 0.1) is 17.0 Å². The summed E-state index contributed by atoms with van der Waals surface area (Å²) >= 11 is 0. The van der Waals surface area contributed by atoms with Crippen molar-refractivity contribution in [3.63, 3.8) is 0 Å². The largest absolute Gasteiger partial charge is 0.481 e. The van der Waals surface area contributed by atoms with Crippen LogP contribution in [0.1, 0.15) is 11.4 Å². The molecule has 0 aliphatic rings. The van der Waals surface area contributed by atoms with Crippen molar-refractivity contribution in [2.24, 2.45) is 0 Å². The van der Waals surface area contributed by atoms with Crippen molar-refractivity contribution in [1.82, 2.24) is 9.97 Å². The van der Waals surface area contributed by atoms with Gasteiger partial charge >= 0.3 is 5.97 Å². The molecule has 0 unspecified atom stereocenters. The van der Waals surface area contributed by atoms with E-state index in [0.717, 1.165) is 0 Å². The minimum Gasteiger partial charge on any atom is -0.481 e. The van der Waals surface area contributed by atoms with Crippen LogP contribution in [-0.2, 0) is 11.2 Å². The number of imidazole rings is 1. The summed E-state index contributed by atoms with van der Waals surface area (Å²) in [6.45, 7) is 1.70. The number of aromatic amines is 1. The molecule has 17 heavy (non-hydrogen) atoms. The van der Waals surface area contributed by atoms with E-state index in [1.165, 1.54) is 12.1 Å². The summed E-state index contributed by atoms with van der Waals surface area (Å²) in [4.78, 5) is 27.8. The third kappa shape index (κ3) is 2.07. The quantitative estimate of drug-likeness (QED) is 0.617. The first-order chi connectivity index (χ1) is 7.97. The summed E-state index contributed by atoms with van der Waals surface area (Å²) in [6, 6.07) is 2.59. The van der Waals surface area contributed by atoms with Crippen molar-refractivity contribution in [1.29, 1.82) is 0 Å². The lowest BCUT2D eigenvalue weighted by molar-refractivity contribution is -0.384. The number of aliphatic carboxylic acids is 1. The smallest absolute Gasteiger partial charge is 0.307 e. The van der Waals surface area contributed by atoms with Gasteiger partial charge < -0.3 is 10.1 Å². The first-order valence-corrected chi connectivity index (χ1v) is 4.83. The number of aryl methyl sites for hydroxylation is 1.